The fourth-order valence-electron chi connectivity index (χ4n) is 4.06. The number of methoxy groups -OCH3 is 1. The second-order valence-electron chi connectivity index (χ2n) is 9.11. The van der Waals surface area contributed by atoms with Gasteiger partial charge in [0, 0.05) is 5.57 Å². The maximum absolute atomic E-state index is 11.8. The van der Waals surface area contributed by atoms with E-state index in [1.54, 1.807) is 18.4 Å². The molecular weight excluding hydrogens is 396 g/mol. The van der Waals surface area contributed by atoms with Crippen molar-refractivity contribution in [3.05, 3.63) is 119 Å². The third-order valence-electron chi connectivity index (χ3n) is 5.85. The molecular formula is C29H28O3. The zero-order valence-electron chi connectivity index (χ0n) is 19.1. The summed E-state index contributed by atoms with van der Waals surface area (Å²) in [6, 6.07) is 20.2. The molecule has 0 atom stereocenters. The number of hydrogen-bond donors (Lipinski definition) is 0. The van der Waals surface area contributed by atoms with Crippen LogP contribution in [0.1, 0.15) is 53.6 Å². The number of furan rings is 1. The Bertz CT molecular complexity index is 1200. The van der Waals surface area contributed by atoms with Gasteiger partial charge in [-0.1, -0.05) is 63.7 Å². The predicted octanol–water partition coefficient (Wildman–Crippen LogP) is 7.01. The lowest BCUT2D eigenvalue weighted by Gasteiger charge is -2.19. The van der Waals surface area contributed by atoms with Crippen LogP contribution in [0.15, 0.2) is 95.1 Å². The van der Waals surface area contributed by atoms with Crippen molar-refractivity contribution in [2.24, 2.45) is 0 Å². The second-order valence-corrected chi connectivity index (χ2v) is 9.11. The van der Waals surface area contributed by atoms with Crippen LogP contribution in [0.4, 0.5) is 0 Å². The zero-order valence-corrected chi connectivity index (χ0v) is 19.1. The normalized spacial score (nSPS) is 14.0. The van der Waals surface area contributed by atoms with E-state index in [2.05, 4.69) is 57.7 Å². The highest BCUT2D eigenvalue weighted by Crippen LogP contribution is 2.43. The van der Waals surface area contributed by atoms with E-state index >= 15 is 0 Å². The number of ether oxygens (including phenoxy) is 1. The van der Waals surface area contributed by atoms with Gasteiger partial charge in [-0.3, -0.25) is 0 Å². The first kappa shape index (κ1) is 21.6. The molecule has 2 aromatic carbocycles. The van der Waals surface area contributed by atoms with Crippen molar-refractivity contribution in [2.75, 3.05) is 7.11 Å². The van der Waals surface area contributed by atoms with Gasteiger partial charge in [0.25, 0.3) is 0 Å². The molecule has 0 amide bonds. The average molecular weight is 425 g/mol. The molecule has 0 N–H and O–H groups in total. The summed E-state index contributed by atoms with van der Waals surface area (Å²) in [5.41, 5.74) is 8.43. The molecule has 1 aliphatic carbocycles. The van der Waals surface area contributed by atoms with Gasteiger partial charge in [0.15, 0.2) is 0 Å². The average Bonchev–Trinajstić information content (AvgIpc) is 3.41. The number of carbonyl (C=O) groups excluding carboxylic acids is 1. The van der Waals surface area contributed by atoms with Crippen LogP contribution in [0.5, 0.6) is 0 Å². The molecule has 0 radical (unpaired) electrons. The van der Waals surface area contributed by atoms with Crippen LogP contribution in [-0.2, 0) is 16.6 Å². The Labute approximate surface area is 189 Å². The maximum Gasteiger partial charge on any atom is 0.337 e. The number of allylic oxidation sites excluding steroid dienone is 5. The molecule has 32 heavy (non-hydrogen) atoms. The minimum Gasteiger partial charge on any atom is -0.465 e. The van der Waals surface area contributed by atoms with Gasteiger partial charge in [-0.25, -0.2) is 4.79 Å². The lowest BCUT2D eigenvalue weighted by Crippen LogP contribution is -2.10. The molecule has 1 aliphatic rings. The molecule has 0 unspecified atom stereocenters. The topological polar surface area (TPSA) is 39.4 Å². The third-order valence-corrected chi connectivity index (χ3v) is 5.85. The van der Waals surface area contributed by atoms with Crippen molar-refractivity contribution in [2.45, 2.75) is 32.6 Å². The Kier molecular flexibility index (Phi) is 5.75. The standard InChI is InChI=1S/C29H28O3/c1-19-17-24(21-10-12-22(13-11-21)28(30)31-5)25(27(19)26-7-6-16-32-26)18-20-8-14-23(15-9-20)29(2,3)4/h6-17H,1,18H2,2-5H3. The Morgan fingerprint density at radius 2 is 1.69 bits per heavy atom. The molecule has 0 spiro atoms. The van der Waals surface area contributed by atoms with Crippen LogP contribution >= 0.6 is 0 Å². The molecule has 3 nitrogen and oxygen atoms in total. The fourth-order valence-corrected chi connectivity index (χ4v) is 4.06. The number of rotatable bonds is 5. The SMILES string of the molecule is C=C1C=C(c2ccc(C(=O)OC)cc2)C(Cc2ccc(C(C)(C)C)cc2)=C1c1ccco1. The molecule has 0 fully saturated rings. The van der Waals surface area contributed by atoms with Crippen LogP contribution in [0.25, 0.3) is 11.1 Å². The van der Waals surface area contributed by atoms with Crippen molar-refractivity contribution in [3.63, 3.8) is 0 Å². The van der Waals surface area contributed by atoms with Crippen LogP contribution < -0.4 is 0 Å². The number of benzene rings is 2. The Morgan fingerprint density at radius 1 is 1.00 bits per heavy atom. The van der Waals surface area contributed by atoms with Gasteiger partial charge in [-0.15, -0.1) is 0 Å². The maximum atomic E-state index is 11.8. The van der Waals surface area contributed by atoms with Gasteiger partial charge in [-0.05, 0) is 75.6 Å². The summed E-state index contributed by atoms with van der Waals surface area (Å²) in [5, 5.41) is 0. The van der Waals surface area contributed by atoms with Crippen molar-refractivity contribution < 1.29 is 13.9 Å². The lowest BCUT2D eigenvalue weighted by atomic mass is 9.85. The molecule has 0 saturated heterocycles. The van der Waals surface area contributed by atoms with E-state index in [1.807, 2.05) is 24.3 Å². The van der Waals surface area contributed by atoms with E-state index in [9.17, 15) is 4.79 Å². The highest BCUT2D eigenvalue weighted by molar-refractivity contribution is 6.02. The molecule has 0 saturated carbocycles. The minimum atomic E-state index is -0.340. The second kappa shape index (κ2) is 8.51. The third kappa shape index (κ3) is 4.24. The minimum absolute atomic E-state index is 0.116. The summed E-state index contributed by atoms with van der Waals surface area (Å²) in [6.45, 7) is 11.0. The quantitative estimate of drug-likeness (QED) is 0.413. The van der Waals surface area contributed by atoms with Gasteiger partial charge >= 0.3 is 5.97 Å². The largest absolute Gasteiger partial charge is 0.465 e. The van der Waals surface area contributed by atoms with E-state index in [0.29, 0.717) is 5.56 Å². The molecule has 0 bridgehead atoms. The monoisotopic (exact) mass is 424 g/mol. The molecule has 0 aliphatic heterocycles. The van der Waals surface area contributed by atoms with Gasteiger partial charge in [0.2, 0.25) is 0 Å². The smallest absolute Gasteiger partial charge is 0.337 e. The number of esters is 1. The highest BCUT2D eigenvalue weighted by Gasteiger charge is 2.25. The van der Waals surface area contributed by atoms with Crippen molar-refractivity contribution in [3.8, 4) is 0 Å². The fraction of sp³-hybridized carbons (Fsp3) is 0.207. The van der Waals surface area contributed by atoms with Crippen molar-refractivity contribution in [1.82, 2.24) is 0 Å². The van der Waals surface area contributed by atoms with Crippen molar-refractivity contribution in [1.29, 1.82) is 0 Å². The van der Waals surface area contributed by atoms with E-state index < -0.39 is 0 Å². The predicted molar refractivity (Wildman–Crippen MR) is 129 cm³/mol. The molecule has 4 rings (SSSR count). The first-order chi connectivity index (χ1) is 15.3. The molecule has 3 aromatic rings. The van der Waals surface area contributed by atoms with Gasteiger partial charge in [0.1, 0.15) is 5.76 Å². The van der Waals surface area contributed by atoms with E-state index in [-0.39, 0.29) is 11.4 Å². The lowest BCUT2D eigenvalue weighted by molar-refractivity contribution is 0.0600. The first-order valence-corrected chi connectivity index (χ1v) is 10.7. The number of hydrogen-bond acceptors (Lipinski definition) is 3. The van der Waals surface area contributed by atoms with E-state index in [0.717, 1.165) is 34.5 Å². The summed E-state index contributed by atoms with van der Waals surface area (Å²) in [6.07, 6.45) is 4.54. The van der Waals surface area contributed by atoms with Crippen LogP contribution in [0.3, 0.4) is 0 Å². The summed E-state index contributed by atoms with van der Waals surface area (Å²) < 4.78 is 10.6. The summed E-state index contributed by atoms with van der Waals surface area (Å²) in [7, 11) is 1.39. The van der Waals surface area contributed by atoms with E-state index in [4.69, 9.17) is 9.15 Å². The molecule has 162 valence electrons. The summed E-state index contributed by atoms with van der Waals surface area (Å²) >= 11 is 0. The van der Waals surface area contributed by atoms with Crippen LogP contribution in [0.2, 0.25) is 0 Å². The Hall–Kier alpha value is -3.59. The van der Waals surface area contributed by atoms with Gasteiger partial charge in [-0.2, -0.15) is 0 Å². The molecule has 3 heteroatoms. The number of carbonyl (C=O) groups is 1. The van der Waals surface area contributed by atoms with Crippen molar-refractivity contribution >= 4 is 17.1 Å². The highest BCUT2D eigenvalue weighted by atomic mass is 16.5. The van der Waals surface area contributed by atoms with Gasteiger partial charge < -0.3 is 9.15 Å². The Balaban J connectivity index is 1.74. The van der Waals surface area contributed by atoms with Gasteiger partial charge in [0.05, 0.1) is 18.9 Å². The summed E-state index contributed by atoms with van der Waals surface area (Å²) in [5.74, 6) is 0.473. The van der Waals surface area contributed by atoms with Crippen LogP contribution in [0, 0.1) is 0 Å². The Morgan fingerprint density at radius 3 is 2.25 bits per heavy atom. The summed E-state index contributed by atoms with van der Waals surface area (Å²) in [4.78, 5) is 11.8. The molecule has 1 heterocycles. The zero-order chi connectivity index (χ0) is 22.9. The first-order valence-electron chi connectivity index (χ1n) is 10.7. The van der Waals surface area contributed by atoms with Crippen LogP contribution in [-0.4, -0.2) is 13.1 Å². The van der Waals surface area contributed by atoms with E-state index in [1.165, 1.54) is 23.8 Å². The molecule has 1 aromatic heterocycles.